The van der Waals surface area contributed by atoms with Crippen LogP contribution in [0.15, 0.2) is 72.8 Å². The second-order valence-electron chi connectivity index (χ2n) is 5.69. The van der Waals surface area contributed by atoms with E-state index >= 15 is 0 Å². The molecule has 1 unspecified atom stereocenters. The maximum absolute atomic E-state index is 5.94. The molecule has 0 aromatic heterocycles. The molecule has 3 aromatic carbocycles. The van der Waals surface area contributed by atoms with E-state index in [1.54, 1.807) is 0 Å². The number of nitrogens with one attached hydrogen (secondary N) is 1. The fraction of sp³-hybridized carbons (Fsp3) is 0.100. The predicted octanol–water partition coefficient (Wildman–Crippen LogP) is 4.98. The van der Waals surface area contributed by atoms with Gasteiger partial charge >= 0.3 is 0 Å². The van der Waals surface area contributed by atoms with Gasteiger partial charge in [-0.05, 0) is 40.1 Å². The van der Waals surface area contributed by atoms with Crippen molar-refractivity contribution in [3.8, 4) is 0 Å². The fourth-order valence-electron chi connectivity index (χ4n) is 2.97. The van der Waals surface area contributed by atoms with E-state index in [1.807, 2.05) is 24.3 Å². The van der Waals surface area contributed by atoms with E-state index in [-0.39, 0.29) is 6.10 Å². The van der Waals surface area contributed by atoms with Gasteiger partial charge in [0.05, 0.1) is 5.70 Å². The highest BCUT2D eigenvalue weighted by atomic mass is 35.5. The molecule has 1 aliphatic rings. The average molecular weight is 322 g/mol. The van der Waals surface area contributed by atoms with Crippen molar-refractivity contribution in [2.75, 3.05) is 0 Å². The first kappa shape index (κ1) is 14.3. The Hall–Kier alpha value is -2.29. The smallest absolute Gasteiger partial charge is 0.110 e. The highest BCUT2D eigenvalue weighted by molar-refractivity contribution is 6.30. The molecule has 1 N–H and O–H groups in total. The van der Waals surface area contributed by atoms with Crippen LogP contribution in [0.4, 0.5) is 0 Å². The summed E-state index contributed by atoms with van der Waals surface area (Å²) in [5.41, 5.74) is 6.39. The number of fused-ring (bicyclic) bond motifs is 1. The number of halogens is 1. The summed E-state index contributed by atoms with van der Waals surface area (Å²) in [6.07, 6.45) is 2.99. The predicted molar refractivity (Wildman–Crippen MR) is 95.1 cm³/mol. The second-order valence-corrected chi connectivity index (χ2v) is 6.12. The van der Waals surface area contributed by atoms with Crippen LogP contribution in [0.5, 0.6) is 0 Å². The monoisotopic (exact) mass is 321 g/mol. The van der Waals surface area contributed by atoms with E-state index < -0.39 is 0 Å². The molecule has 1 aliphatic heterocycles. The zero-order valence-electron chi connectivity index (χ0n) is 12.5. The van der Waals surface area contributed by atoms with Crippen LogP contribution < -0.4 is 5.48 Å². The number of benzene rings is 3. The van der Waals surface area contributed by atoms with Crippen molar-refractivity contribution in [3.63, 3.8) is 0 Å². The molecule has 1 heterocycles. The van der Waals surface area contributed by atoms with Crippen molar-refractivity contribution in [3.05, 3.63) is 89.0 Å². The van der Waals surface area contributed by atoms with Crippen LogP contribution in [0.2, 0.25) is 5.02 Å². The van der Waals surface area contributed by atoms with Crippen molar-refractivity contribution >= 4 is 28.1 Å². The minimum atomic E-state index is 0.0199. The number of hydrogen-bond acceptors (Lipinski definition) is 2. The van der Waals surface area contributed by atoms with E-state index in [9.17, 15) is 0 Å². The molecule has 0 amide bonds. The fourth-order valence-corrected chi connectivity index (χ4v) is 3.09. The SMILES string of the molecule is Clc1ccc(C2=CC(Cc3cccc4ccccc34)ON2)cc1. The Kier molecular flexibility index (Phi) is 3.78. The lowest BCUT2D eigenvalue weighted by Crippen LogP contribution is -2.14. The quantitative estimate of drug-likeness (QED) is 0.734. The number of hydrogen-bond donors (Lipinski definition) is 1. The summed E-state index contributed by atoms with van der Waals surface area (Å²) < 4.78 is 0. The van der Waals surface area contributed by atoms with Crippen molar-refractivity contribution in [1.29, 1.82) is 0 Å². The first-order valence-electron chi connectivity index (χ1n) is 7.66. The van der Waals surface area contributed by atoms with Crippen molar-refractivity contribution in [1.82, 2.24) is 5.48 Å². The third-order valence-corrected chi connectivity index (χ3v) is 4.38. The number of hydroxylamine groups is 1. The van der Waals surface area contributed by atoms with Gasteiger partial charge in [0.2, 0.25) is 0 Å². The molecule has 0 spiro atoms. The van der Waals surface area contributed by atoms with Gasteiger partial charge in [-0.25, -0.2) is 0 Å². The third-order valence-electron chi connectivity index (χ3n) is 4.13. The van der Waals surface area contributed by atoms with Crippen LogP contribution in [0.1, 0.15) is 11.1 Å². The van der Waals surface area contributed by atoms with E-state index in [4.69, 9.17) is 16.4 Å². The molecule has 0 fully saturated rings. The second kappa shape index (κ2) is 6.07. The molecule has 0 bridgehead atoms. The molecule has 23 heavy (non-hydrogen) atoms. The van der Waals surface area contributed by atoms with Gasteiger partial charge in [0.1, 0.15) is 6.10 Å². The molecule has 0 saturated heterocycles. The summed E-state index contributed by atoms with van der Waals surface area (Å²) in [5, 5.41) is 3.28. The van der Waals surface area contributed by atoms with Gasteiger partial charge < -0.3 is 0 Å². The van der Waals surface area contributed by atoms with Crippen LogP contribution in [0.3, 0.4) is 0 Å². The Morgan fingerprint density at radius 1 is 0.913 bits per heavy atom. The van der Waals surface area contributed by atoms with Crippen molar-refractivity contribution in [2.45, 2.75) is 12.5 Å². The lowest BCUT2D eigenvalue weighted by Gasteiger charge is -2.10. The van der Waals surface area contributed by atoms with Gasteiger partial charge in [0.25, 0.3) is 0 Å². The standard InChI is InChI=1S/C20H16ClNO/c21-17-10-8-15(9-11-17)20-13-18(23-22-20)12-16-6-3-5-14-4-1-2-7-19(14)16/h1-11,13,18,22H,12H2. The molecule has 0 saturated carbocycles. The van der Waals surface area contributed by atoms with E-state index in [1.165, 1.54) is 16.3 Å². The zero-order valence-corrected chi connectivity index (χ0v) is 13.3. The molecule has 3 heteroatoms. The first-order valence-corrected chi connectivity index (χ1v) is 8.03. The van der Waals surface area contributed by atoms with Crippen LogP contribution in [0, 0.1) is 0 Å². The zero-order chi connectivity index (χ0) is 15.6. The summed E-state index contributed by atoms with van der Waals surface area (Å²) in [4.78, 5) is 5.73. The third kappa shape index (κ3) is 2.96. The topological polar surface area (TPSA) is 21.3 Å². The molecule has 114 valence electrons. The van der Waals surface area contributed by atoms with Crippen LogP contribution >= 0.6 is 11.6 Å². The molecule has 1 atom stereocenters. The molecule has 4 rings (SSSR count). The molecular formula is C20H16ClNO. The van der Waals surface area contributed by atoms with Crippen molar-refractivity contribution < 1.29 is 4.84 Å². The van der Waals surface area contributed by atoms with Gasteiger partial charge in [-0.2, -0.15) is 0 Å². The van der Waals surface area contributed by atoms with E-state index in [2.05, 4.69) is 54.0 Å². The highest BCUT2D eigenvalue weighted by Crippen LogP contribution is 2.25. The summed E-state index contributed by atoms with van der Waals surface area (Å²) >= 11 is 5.94. The van der Waals surface area contributed by atoms with Crippen molar-refractivity contribution in [2.24, 2.45) is 0 Å². The van der Waals surface area contributed by atoms with Gasteiger partial charge in [-0.1, -0.05) is 66.2 Å². The van der Waals surface area contributed by atoms with Gasteiger partial charge in [0, 0.05) is 11.4 Å². The Balaban J connectivity index is 1.59. The Morgan fingerprint density at radius 3 is 2.57 bits per heavy atom. The van der Waals surface area contributed by atoms with E-state index in [0.717, 1.165) is 22.7 Å². The Morgan fingerprint density at radius 2 is 1.70 bits per heavy atom. The minimum absolute atomic E-state index is 0.0199. The lowest BCUT2D eigenvalue weighted by atomic mass is 9.99. The largest absolute Gasteiger partial charge is 0.268 e. The van der Waals surface area contributed by atoms with Crippen LogP contribution in [0.25, 0.3) is 16.5 Å². The van der Waals surface area contributed by atoms with Gasteiger partial charge in [-0.3, -0.25) is 10.3 Å². The van der Waals surface area contributed by atoms with Crippen LogP contribution in [-0.4, -0.2) is 6.10 Å². The Bertz CT molecular complexity index is 865. The van der Waals surface area contributed by atoms with E-state index in [0.29, 0.717) is 0 Å². The summed E-state index contributed by atoms with van der Waals surface area (Å²) in [5.74, 6) is 0. The number of rotatable bonds is 3. The summed E-state index contributed by atoms with van der Waals surface area (Å²) in [6.45, 7) is 0. The first-order chi connectivity index (χ1) is 11.3. The molecule has 0 aliphatic carbocycles. The molecular weight excluding hydrogens is 306 g/mol. The Labute approximate surface area is 140 Å². The van der Waals surface area contributed by atoms with Gasteiger partial charge in [0.15, 0.2) is 0 Å². The lowest BCUT2D eigenvalue weighted by molar-refractivity contribution is 0.0521. The maximum atomic E-state index is 5.94. The summed E-state index contributed by atoms with van der Waals surface area (Å²) in [6, 6.07) is 22.6. The molecule has 0 radical (unpaired) electrons. The van der Waals surface area contributed by atoms with Crippen LogP contribution in [-0.2, 0) is 11.3 Å². The molecule has 2 nitrogen and oxygen atoms in total. The summed E-state index contributed by atoms with van der Waals surface area (Å²) in [7, 11) is 0. The minimum Gasteiger partial charge on any atom is -0.268 e. The van der Waals surface area contributed by atoms with Gasteiger partial charge in [-0.15, -0.1) is 0 Å². The highest BCUT2D eigenvalue weighted by Gasteiger charge is 2.18. The maximum Gasteiger partial charge on any atom is 0.110 e. The molecule has 3 aromatic rings. The normalized spacial score (nSPS) is 17.1. The average Bonchev–Trinajstić information content (AvgIpc) is 3.04.